The monoisotopic (exact) mass is 569 g/mol. The number of benzene rings is 2. The van der Waals surface area contributed by atoms with Gasteiger partial charge in [-0.05, 0) is 54.8 Å². The SMILES string of the molecule is O=C1CCC(CCN2CC(N3CCOCC3)C2)(c2ccc(Cl)c(Cl)c2)CN1Cc1ccc(Cl)cc1Cl. The molecule has 0 bridgehead atoms. The number of ether oxygens (including phenoxy) is 1. The van der Waals surface area contributed by atoms with Gasteiger partial charge >= 0.3 is 0 Å². The first-order chi connectivity index (χ1) is 17.3. The van der Waals surface area contributed by atoms with Crippen LogP contribution in [0.2, 0.25) is 20.1 Å². The first-order valence-electron chi connectivity index (χ1n) is 12.5. The Morgan fingerprint density at radius 1 is 0.944 bits per heavy atom. The lowest BCUT2D eigenvalue weighted by Crippen LogP contribution is -2.62. The molecule has 1 unspecified atom stereocenters. The van der Waals surface area contributed by atoms with Crippen LogP contribution in [0.3, 0.4) is 0 Å². The van der Waals surface area contributed by atoms with Gasteiger partial charge in [-0.15, -0.1) is 0 Å². The molecule has 194 valence electrons. The maximum atomic E-state index is 13.0. The van der Waals surface area contributed by atoms with E-state index in [9.17, 15) is 4.79 Å². The molecule has 1 atom stereocenters. The number of carbonyl (C=O) groups is 1. The molecule has 0 aliphatic carbocycles. The second kappa shape index (κ2) is 11.4. The number of amides is 1. The summed E-state index contributed by atoms with van der Waals surface area (Å²) in [6.07, 6.45) is 2.22. The first-order valence-corrected chi connectivity index (χ1v) is 14.1. The zero-order chi connectivity index (χ0) is 25.3. The fraction of sp³-hybridized carbons (Fsp3) is 0.519. The third-order valence-corrected chi connectivity index (χ3v) is 9.30. The van der Waals surface area contributed by atoms with Crippen molar-refractivity contribution >= 4 is 52.3 Å². The molecule has 36 heavy (non-hydrogen) atoms. The van der Waals surface area contributed by atoms with Gasteiger partial charge in [-0.25, -0.2) is 0 Å². The molecule has 2 aromatic carbocycles. The Bertz CT molecular complexity index is 1100. The summed E-state index contributed by atoms with van der Waals surface area (Å²) in [6.45, 7) is 7.93. The summed E-state index contributed by atoms with van der Waals surface area (Å²) in [5.41, 5.74) is 1.84. The first kappa shape index (κ1) is 26.6. The summed E-state index contributed by atoms with van der Waals surface area (Å²) in [6, 6.07) is 12.0. The maximum Gasteiger partial charge on any atom is 0.222 e. The molecule has 5 rings (SSSR count). The molecule has 3 fully saturated rings. The second-order valence-corrected chi connectivity index (χ2v) is 11.9. The predicted molar refractivity (Wildman–Crippen MR) is 146 cm³/mol. The van der Waals surface area contributed by atoms with Crippen LogP contribution in [0.25, 0.3) is 0 Å². The van der Waals surface area contributed by atoms with Crippen LogP contribution in [0.4, 0.5) is 0 Å². The number of morpholine rings is 1. The summed E-state index contributed by atoms with van der Waals surface area (Å²) in [5.74, 6) is 0.146. The minimum Gasteiger partial charge on any atom is -0.379 e. The Kier molecular flexibility index (Phi) is 8.38. The quantitative estimate of drug-likeness (QED) is 0.423. The van der Waals surface area contributed by atoms with Gasteiger partial charge in [0.1, 0.15) is 0 Å². The minimum absolute atomic E-state index is 0.146. The van der Waals surface area contributed by atoms with Gasteiger partial charge in [-0.3, -0.25) is 9.69 Å². The van der Waals surface area contributed by atoms with E-state index in [4.69, 9.17) is 51.1 Å². The standard InChI is InChI=1S/C27H31Cl4N3O2/c28-21-3-1-19(24(30)14-21)15-34-18-27(6-5-26(34)35,20-2-4-23(29)25(31)13-20)7-8-32-16-22(17-32)33-9-11-36-12-10-33/h1-4,13-14,22H,5-12,15-18H2. The van der Waals surface area contributed by atoms with E-state index < -0.39 is 0 Å². The normalized spacial score (nSPS) is 24.2. The van der Waals surface area contributed by atoms with Crippen LogP contribution in [0.1, 0.15) is 30.4 Å². The zero-order valence-corrected chi connectivity index (χ0v) is 23.2. The molecule has 0 spiro atoms. The largest absolute Gasteiger partial charge is 0.379 e. The molecule has 0 aromatic heterocycles. The third-order valence-electron chi connectivity index (χ3n) is 7.98. The Morgan fingerprint density at radius 2 is 1.72 bits per heavy atom. The molecule has 0 saturated carbocycles. The highest BCUT2D eigenvalue weighted by atomic mass is 35.5. The Hall–Kier alpha value is -1.05. The van der Waals surface area contributed by atoms with E-state index in [0.717, 1.165) is 69.9 Å². The molecule has 3 aliphatic rings. The van der Waals surface area contributed by atoms with Gasteiger partial charge in [-0.1, -0.05) is 58.5 Å². The third kappa shape index (κ3) is 5.83. The van der Waals surface area contributed by atoms with Crippen molar-refractivity contribution < 1.29 is 9.53 Å². The Balaban J connectivity index is 1.32. The maximum absolute atomic E-state index is 13.0. The summed E-state index contributed by atoms with van der Waals surface area (Å²) < 4.78 is 5.50. The van der Waals surface area contributed by atoms with Crippen molar-refractivity contribution in [2.24, 2.45) is 0 Å². The van der Waals surface area contributed by atoms with Crippen molar-refractivity contribution in [2.75, 3.05) is 52.5 Å². The van der Waals surface area contributed by atoms with Crippen molar-refractivity contribution in [1.82, 2.24) is 14.7 Å². The van der Waals surface area contributed by atoms with E-state index in [-0.39, 0.29) is 11.3 Å². The highest BCUT2D eigenvalue weighted by Crippen LogP contribution is 2.41. The summed E-state index contributed by atoms with van der Waals surface area (Å²) in [7, 11) is 0. The van der Waals surface area contributed by atoms with Crippen LogP contribution >= 0.6 is 46.4 Å². The number of hydrogen-bond donors (Lipinski definition) is 0. The van der Waals surface area contributed by atoms with E-state index in [1.54, 1.807) is 6.07 Å². The van der Waals surface area contributed by atoms with Gasteiger partial charge in [0.25, 0.3) is 0 Å². The van der Waals surface area contributed by atoms with Crippen LogP contribution in [0.15, 0.2) is 36.4 Å². The summed E-state index contributed by atoms with van der Waals surface area (Å²) >= 11 is 25.3. The highest BCUT2D eigenvalue weighted by Gasteiger charge is 2.42. The number of piperidine rings is 1. The number of halogens is 4. The van der Waals surface area contributed by atoms with Crippen LogP contribution in [0.5, 0.6) is 0 Å². The van der Waals surface area contributed by atoms with Gasteiger partial charge in [-0.2, -0.15) is 0 Å². The van der Waals surface area contributed by atoms with Gasteiger partial charge in [0.15, 0.2) is 0 Å². The average Bonchev–Trinajstić information content (AvgIpc) is 2.84. The van der Waals surface area contributed by atoms with Crippen molar-refractivity contribution in [2.45, 2.75) is 37.3 Å². The summed E-state index contributed by atoms with van der Waals surface area (Å²) in [4.78, 5) is 20.0. The fourth-order valence-corrected chi connectivity index (χ4v) is 6.48. The zero-order valence-electron chi connectivity index (χ0n) is 20.2. The average molecular weight is 571 g/mol. The molecular formula is C27H31Cl4N3O2. The molecule has 9 heteroatoms. The van der Waals surface area contributed by atoms with Crippen molar-refractivity contribution in [3.8, 4) is 0 Å². The summed E-state index contributed by atoms with van der Waals surface area (Å²) in [5, 5.41) is 2.26. The molecule has 3 heterocycles. The Labute approximate surface area is 233 Å². The van der Waals surface area contributed by atoms with E-state index in [1.165, 1.54) is 0 Å². The fourth-order valence-electron chi connectivity index (χ4n) is 5.72. The minimum atomic E-state index is -0.203. The van der Waals surface area contributed by atoms with Crippen LogP contribution in [0, 0.1) is 0 Å². The number of carbonyl (C=O) groups excluding carboxylic acids is 1. The topological polar surface area (TPSA) is 36.0 Å². The van der Waals surface area contributed by atoms with Gasteiger partial charge in [0, 0.05) is 67.2 Å². The lowest BCUT2D eigenvalue weighted by molar-refractivity contribution is -0.136. The van der Waals surface area contributed by atoms with Gasteiger partial charge in [0.2, 0.25) is 5.91 Å². The van der Waals surface area contributed by atoms with Gasteiger partial charge < -0.3 is 14.5 Å². The number of likely N-dealkylation sites (tertiary alicyclic amines) is 2. The van der Waals surface area contributed by atoms with Crippen molar-refractivity contribution in [1.29, 1.82) is 0 Å². The molecule has 0 N–H and O–H groups in total. The van der Waals surface area contributed by atoms with Crippen LogP contribution < -0.4 is 0 Å². The molecule has 2 aromatic rings. The van der Waals surface area contributed by atoms with Crippen LogP contribution in [-0.2, 0) is 21.5 Å². The molecule has 1 amide bonds. The Morgan fingerprint density at radius 3 is 2.44 bits per heavy atom. The van der Waals surface area contributed by atoms with Crippen molar-refractivity contribution in [3.05, 3.63) is 67.6 Å². The molecule has 3 aliphatic heterocycles. The molecule has 3 saturated heterocycles. The predicted octanol–water partition coefficient (Wildman–Crippen LogP) is 5.77. The lowest BCUT2D eigenvalue weighted by Gasteiger charge is -2.49. The van der Waals surface area contributed by atoms with E-state index >= 15 is 0 Å². The molecular weight excluding hydrogens is 540 g/mol. The number of nitrogens with zero attached hydrogens (tertiary/aromatic N) is 3. The van der Waals surface area contributed by atoms with Gasteiger partial charge in [0.05, 0.1) is 23.3 Å². The molecule has 5 nitrogen and oxygen atoms in total. The van der Waals surface area contributed by atoms with E-state index in [1.807, 2.05) is 29.2 Å². The second-order valence-electron chi connectivity index (χ2n) is 10.2. The smallest absolute Gasteiger partial charge is 0.222 e. The lowest BCUT2D eigenvalue weighted by atomic mass is 9.71. The molecule has 0 radical (unpaired) electrons. The highest BCUT2D eigenvalue weighted by molar-refractivity contribution is 6.42. The van der Waals surface area contributed by atoms with Crippen LogP contribution in [-0.4, -0.2) is 79.1 Å². The number of hydrogen-bond acceptors (Lipinski definition) is 4. The number of rotatable bonds is 7. The van der Waals surface area contributed by atoms with E-state index in [2.05, 4.69) is 15.9 Å². The van der Waals surface area contributed by atoms with Crippen molar-refractivity contribution in [3.63, 3.8) is 0 Å². The van der Waals surface area contributed by atoms with E-state index in [0.29, 0.717) is 45.6 Å².